The Kier molecular flexibility index (Phi) is 7.23. The van der Waals surface area contributed by atoms with E-state index in [2.05, 4.69) is 21.2 Å². The van der Waals surface area contributed by atoms with Crippen LogP contribution in [-0.2, 0) is 19.1 Å². The quantitative estimate of drug-likeness (QED) is 0.534. The molecule has 1 N–H and O–H groups in total. The maximum Gasteiger partial charge on any atom is 0.336 e. The summed E-state index contributed by atoms with van der Waals surface area (Å²) in [4.78, 5) is 25.1. The number of hydrogen-bond donors (Lipinski definition) is 1. The molecule has 0 bridgehead atoms. The molecule has 1 aliphatic heterocycles. The van der Waals surface area contributed by atoms with Gasteiger partial charge in [0.15, 0.2) is 0 Å². The van der Waals surface area contributed by atoms with Gasteiger partial charge in [-0.15, -0.1) is 0 Å². The van der Waals surface area contributed by atoms with Crippen LogP contribution in [0.3, 0.4) is 0 Å². The first kappa shape index (κ1) is 20.5. The van der Waals surface area contributed by atoms with Gasteiger partial charge in [0.1, 0.15) is 6.67 Å². The van der Waals surface area contributed by atoms with Crippen molar-refractivity contribution in [3.8, 4) is 0 Å². The topological polar surface area (TPSA) is 64.6 Å². The number of dihydropyridines is 1. The summed E-state index contributed by atoms with van der Waals surface area (Å²) >= 11 is 9.62. The average Bonchev–Trinajstić information content (AvgIpc) is 2.66. The predicted octanol–water partition coefficient (Wildman–Crippen LogP) is 3.64. The number of benzene rings is 1. The zero-order valence-electron chi connectivity index (χ0n) is 14.3. The third kappa shape index (κ3) is 3.94. The summed E-state index contributed by atoms with van der Waals surface area (Å²) in [5, 5.41) is 3.40. The van der Waals surface area contributed by atoms with E-state index in [1.54, 1.807) is 31.2 Å². The Morgan fingerprint density at radius 2 is 1.88 bits per heavy atom. The van der Waals surface area contributed by atoms with Gasteiger partial charge in [0.25, 0.3) is 0 Å². The van der Waals surface area contributed by atoms with Crippen LogP contribution in [0.25, 0.3) is 0 Å². The van der Waals surface area contributed by atoms with Crippen LogP contribution in [0.5, 0.6) is 0 Å². The predicted molar refractivity (Wildman–Crippen MR) is 99.8 cm³/mol. The monoisotopic (exact) mass is 445 g/mol. The summed E-state index contributed by atoms with van der Waals surface area (Å²) in [5.41, 5.74) is 1.12. The maximum atomic E-state index is 13.7. The second kappa shape index (κ2) is 9.19. The van der Waals surface area contributed by atoms with Crippen LogP contribution in [0, 0.1) is 0 Å². The number of carbonyl (C=O) groups is 2. The molecule has 0 aliphatic carbocycles. The van der Waals surface area contributed by atoms with Crippen molar-refractivity contribution in [1.29, 1.82) is 0 Å². The summed E-state index contributed by atoms with van der Waals surface area (Å²) in [5.74, 6) is -2.26. The molecule has 8 heteroatoms. The van der Waals surface area contributed by atoms with Crippen molar-refractivity contribution in [3.63, 3.8) is 0 Å². The zero-order chi connectivity index (χ0) is 19.3. The standard InChI is InChI=1S/C18H18BrClFNO4/c1-3-26-18(24)15-12(8-19)22-13(9-21)16(17(23)25-2)14(15)10-6-4-5-7-11(10)20/h4-7,14,22H,3,8-9H2,1-2H3. The summed E-state index contributed by atoms with van der Waals surface area (Å²) in [7, 11) is 1.20. The zero-order valence-corrected chi connectivity index (χ0v) is 16.6. The highest BCUT2D eigenvalue weighted by atomic mass is 79.9. The molecular formula is C18H18BrClFNO4. The molecule has 0 aromatic heterocycles. The van der Waals surface area contributed by atoms with Gasteiger partial charge in [-0.1, -0.05) is 45.7 Å². The Morgan fingerprint density at radius 1 is 1.23 bits per heavy atom. The van der Waals surface area contributed by atoms with E-state index < -0.39 is 24.5 Å². The first-order chi connectivity index (χ1) is 12.5. The number of alkyl halides is 2. The molecule has 0 spiro atoms. The second-order valence-electron chi connectivity index (χ2n) is 5.34. The lowest BCUT2D eigenvalue weighted by Crippen LogP contribution is -2.35. The molecule has 1 unspecified atom stereocenters. The Morgan fingerprint density at radius 3 is 2.42 bits per heavy atom. The van der Waals surface area contributed by atoms with Crippen molar-refractivity contribution >= 4 is 39.5 Å². The number of halogens is 3. The molecule has 1 aromatic carbocycles. The van der Waals surface area contributed by atoms with Crippen LogP contribution in [0.1, 0.15) is 18.4 Å². The molecule has 0 radical (unpaired) electrons. The Labute approximate surface area is 164 Å². The number of hydrogen-bond acceptors (Lipinski definition) is 5. The first-order valence-corrected chi connectivity index (χ1v) is 9.34. The van der Waals surface area contributed by atoms with Gasteiger partial charge in [0.05, 0.1) is 36.5 Å². The lowest BCUT2D eigenvalue weighted by atomic mass is 9.80. The second-order valence-corrected chi connectivity index (χ2v) is 6.31. The van der Waals surface area contributed by atoms with Gasteiger partial charge < -0.3 is 14.8 Å². The van der Waals surface area contributed by atoms with Gasteiger partial charge in [-0.05, 0) is 18.6 Å². The van der Waals surface area contributed by atoms with Crippen molar-refractivity contribution < 1.29 is 23.5 Å². The molecule has 1 atom stereocenters. The molecule has 140 valence electrons. The minimum Gasteiger partial charge on any atom is -0.466 e. The number of esters is 2. The highest BCUT2D eigenvalue weighted by Gasteiger charge is 2.40. The number of allylic oxidation sites excluding steroid dienone is 2. The van der Waals surface area contributed by atoms with Gasteiger partial charge in [-0.25, -0.2) is 14.0 Å². The lowest BCUT2D eigenvalue weighted by Gasteiger charge is -2.31. The molecule has 0 fully saturated rings. The van der Waals surface area contributed by atoms with Crippen LogP contribution in [-0.4, -0.2) is 37.7 Å². The molecular weight excluding hydrogens is 429 g/mol. The number of nitrogens with one attached hydrogen (secondary N) is 1. The number of ether oxygens (including phenoxy) is 2. The third-order valence-electron chi connectivity index (χ3n) is 3.91. The molecule has 5 nitrogen and oxygen atoms in total. The smallest absolute Gasteiger partial charge is 0.336 e. The van der Waals surface area contributed by atoms with E-state index in [4.69, 9.17) is 21.1 Å². The van der Waals surface area contributed by atoms with E-state index in [0.29, 0.717) is 16.3 Å². The van der Waals surface area contributed by atoms with E-state index in [1.165, 1.54) is 7.11 Å². The Hall–Kier alpha value is -1.86. The van der Waals surface area contributed by atoms with Crippen molar-refractivity contribution in [1.82, 2.24) is 5.32 Å². The fourth-order valence-electron chi connectivity index (χ4n) is 2.84. The van der Waals surface area contributed by atoms with E-state index in [9.17, 15) is 14.0 Å². The van der Waals surface area contributed by atoms with E-state index in [-0.39, 0.29) is 28.8 Å². The minimum atomic E-state index is -0.933. The van der Waals surface area contributed by atoms with E-state index >= 15 is 0 Å². The number of carbonyl (C=O) groups excluding carboxylic acids is 2. The minimum absolute atomic E-state index is 0.00384. The summed E-state index contributed by atoms with van der Waals surface area (Å²) in [6.07, 6.45) is 0. The number of rotatable bonds is 6. The summed E-state index contributed by atoms with van der Waals surface area (Å²) in [6, 6.07) is 6.77. The van der Waals surface area contributed by atoms with Crippen LogP contribution >= 0.6 is 27.5 Å². The lowest BCUT2D eigenvalue weighted by molar-refractivity contribution is -0.139. The van der Waals surface area contributed by atoms with Crippen molar-refractivity contribution in [2.45, 2.75) is 12.8 Å². The van der Waals surface area contributed by atoms with E-state index in [1.807, 2.05) is 0 Å². The van der Waals surface area contributed by atoms with Gasteiger partial charge in [0, 0.05) is 16.0 Å². The molecule has 2 rings (SSSR count). The maximum absolute atomic E-state index is 13.7. The van der Waals surface area contributed by atoms with Crippen LogP contribution in [0.15, 0.2) is 46.8 Å². The van der Waals surface area contributed by atoms with Gasteiger partial charge in [-0.3, -0.25) is 0 Å². The van der Waals surface area contributed by atoms with Gasteiger partial charge in [0.2, 0.25) is 0 Å². The summed E-state index contributed by atoms with van der Waals surface area (Å²) < 4.78 is 23.7. The van der Waals surface area contributed by atoms with Crippen molar-refractivity contribution in [2.75, 3.05) is 25.7 Å². The highest BCUT2D eigenvalue weighted by molar-refractivity contribution is 9.09. The molecule has 1 aromatic rings. The van der Waals surface area contributed by atoms with Gasteiger partial charge in [-0.2, -0.15) is 0 Å². The van der Waals surface area contributed by atoms with Crippen LogP contribution in [0.2, 0.25) is 5.02 Å². The van der Waals surface area contributed by atoms with Gasteiger partial charge >= 0.3 is 11.9 Å². The first-order valence-electron chi connectivity index (χ1n) is 7.84. The number of methoxy groups -OCH3 is 1. The average molecular weight is 447 g/mol. The van der Waals surface area contributed by atoms with Crippen LogP contribution in [0.4, 0.5) is 4.39 Å². The SMILES string of the molecule is CCOC(=O)C1=C(CBr)NC(CF)=C(C(=O)OC)C1c1ccccc1Cl. The normalized spacial score (nSPS) is 17.0. The fraction of sp³-hybridized carbons (Fsp3) is 0.333. The Bertz CT molecular complexity index is 778. The van der Waals surface area contributed by atoms with Crippen molar-refractivity contribution in [3.05, 3.63) is 57.4 Å². The largest absolute Gasteiger partial charge is 0.466 e. The molecule has 0 saturated carbocycles. The van der Waals surface area contributed by atoms with Crippen molar-refractivity contribution in [2.24, 2.45) is 0 Å². The highest BCUT2D eigenvalue weighted by Crippen LogP contribution is 2.42. The molecule has 26 heavy (non-hydrogen) atoms. The third-order valence-corrected chi connectivity index (χ3v) is 4.82. The molecule has 0 amide bonds. The Balaban J connectivity index is 2.78. The van der Waals surface area contributed by atoms with Crippen LogP contribution < -0.4 is 5.32 Å². The fourth-order valence-corrected chi connectivity index (χ4v) is 3.53. The molecule has 1 aliphatic rings. The van der Waals surface area contributed by atoms with E-state index in [0.717, 1.165) is 0 Å². The summed E-state index contributed by atoms with van der Waals surface area (Å²) in [6.45, 7) is 0.898. The molecule has 0 saturated heterocycles. The molecule has 1 heterocycles.